The van der Waals surface area contributed by atoms with Crippen LogP contribution >= 0.6 is 0 Å². The number of carbonyl (C=O) groups is 2. The molecule has 0 radical (unpaired) electrons. The van der Waals surface area contributed by atoms with Gasteiger partial charge in [-0.2, -0.15) is 0 Å². The number of urea groups is 1. The Morgan fingerprint density at radius 2 is 1.76 bits per heavy atom. The second kappa shape index (κ2) is 4.83. The molecule has 2 fully saturated rings. The first-order valence-corrected chi connectivity index (χ1v) is 6.90. The minimum atomic E-state index is -0.518. The van der Waals surface area contributed by atoms with Gasteiger partial charge in [0.2, 0.25) is 5.91 Å². The molecule has 0 aromatic heterocycles. The van der Waals surface area contributed by atoms with Gasteiger partial charge in [-0.25, -0.2) is 9.69 Å². The molecule has 3 rings (SSSR count). The van der Waals surface area contributed by atoms with E-state index in [9.17, 15) is 19.7 Å². The number of nitrogens with zero attached hydrogens (tertiary/aromatic N) is 2. The molecule has 1 saturated heterocycles. The number of nitro benzene ring substituents is 1. The molecule has 1 spiro atoms. The molecule has 1 saturated carbocycles. The maximum absolute atomic E-state index is 12.3. The third-order valence-corrected chi connectivity index (χ3v) is 4.19. The third-order valence-electron chi connectivity index (χ3n) is 4.19. The Kier molecular flexibility index (Phi) is 3.12. The van der Waals surface area contributed by atoms with Gasteiger partial charge in [-0.3, -0.25) is 14.9 Å². The van der Waals surface area contributed by atoms with Crippen molar-refractivity contribution in [1.29, 1.82) is 0 Å². The second-order valence-corrected chi connectivity index (χ2v) is 5.60. The molecule has 0 unspecified atom stereocenters. The number of non-ortho nitro benzene ring substituents is 1. The molecule has 1 aromatic carbocycles. The summed E-state index contributed by atoms with van der Waals surface area (Å²) in [7, 11) is 0. The van der Waals surface area contributed by atoms with Crippen molar-refractivity contribution in [2.45, 2.75) is 37.6 Å². The number of hydrogen-bond donors (Lipinski definition) is 1. The molecule has 3 amide bonds. The van der Waals surface area contributed by atoms with Crippen LogP contribution < -0.4 is 10.2 Å². The minimum Gasteiger partial charge on any atom is -0.331 e. The van der Waals surface area contributed by atoms with Crippen molar-refractivity contribution in [3.8, 4) is 0 Å². The normalized spacial score (nSPS) is 20.7. The zero-order chi connectivity index (χ0) is 15.0. The Hall–Kier alpha value is -2.44. The summed E-state index contributed by atoms with van der Waals surface area (Å²) in [4.78, 5) is 35.7. The second-order valence-electron chi connectivity index (χ2n) is 5.60. The zero-order valence-corrected chi connectivity index (χ0v) is 11.4. The van der Waals surface area contributed by atoms with E-state index < -0.39 is 11.0 Å². The van der Waals surface area contributed by atoms with Crippen molar-refractivity contribution in [3.63, 3.8) is 0 Å². The van der Waals surface area contributed by atoms with E-state index in [2.05, 4.69) is 5.32 Å². The van der Waals surface area contributed by atoms with Crippen molar-refractivity contribution in [2.24, 2.45) is 0 Å². The van der Waals surface area contributed by atoms with Crippen LogP contribution in [0.25, 0.3) is 0 Å². The van der Waals surface area contributed by atoms with Gasteiger partial charge in [-0.05, 0) is 25.0 Å². The molecule has 7 heteroatoms. The smallest absolute Gasteiger partial charge is 0.329 e. The van der Waals surface area contributed by atoms with E-state index in [0.29, 0.717) is 5.69 Å². The first kappa shape index (κ1) is 13.5. The summed E-state index contributed by atoms with van der Waals surface area (Å²) in [5.74, 6) is -0.255. The average Bonchev–Trinajstić information content (AvgIpc) is 2.86. The Morgan fingerprint density at radius 1 is 1.14 bits per heavy atom. The Bertz CT molecular complexity index is 585. The summed E-state index contributed by atoms with van der Waals surface area (Å²) >= 11 is 0. The monoisotopic (exact) mass is 289 g/mol. The lowest BCUT2D eigenvalue weighted by atomic mass is 9.90. The van der Waals surface area contributed by atoms with Gasteiger partial charge in [-0.15, -0.1) is 0 Å². The highest BCUT2D eigenvalue weighted by molar-refractivity contribution is 6.16. The first-order valence-electron chi connectivity index (χ1n) is 6.90. The molecule has 1 N–H and O–H groups in total. The number of hydrogen-bond acceptors (Lipinski definition) is 4. The van der Waals surface area contributed by atoms with Crippen LogP contribution in [-0.2, 0) is 4.79 Å². The minimum absolute atomic E-state index is 0.0733. The van der Waals surface area contributed by atoms with Crippen molar-refractivity contribution < 1.29 is 14.5 Å². The molecule has 2 aliphatic rings. The topological polar surface area (TPSA) is 92.6 Å². The van der Waals surface area contributed by atoms with Crippen molar-refractivity contribution in [1.82, 2.24) is 5.32 Å². The molecule has 1 aliphatic heterocycles. The number of nitrogens with one attached hydrogen (secondary N) is 1. The van der Waals surface area contributed by atoms with E-state index in [1.165, 1.54) is 24.3 Å². The van der Waals surface area contributed by atoms with Crippen LogP contribution in [0.15, 0.2) is 24.3 Å². The third kappa shape index (κ3) is 2.35. The van der Waals surface area contributed by atoms with Crippen LogP contribution in [0.1, 0.15) is 32.1 Å². The maximum atomic E-state index is 12.3. The summed E-state index contributed by atoms with van der Waals surface area (Å²) in [6, 6.07) is 4.97. The van der Waals surface area contributed by atoms with Gasteiger partial charge in [0, 0.05) is 12.1 Å². The SMILES string of the molecule is O=C1CC2(CCCC2)NC(=O)N1c1ccc([N+](=O)[O-])cc1. The number of rotatable bonds is 2. The molecule has 110 valence electrons. The van der Waals surface area contributed by atoms with Crippen molar-refractivity contribution in [2.75, 3.05) is 4.90 Å². The molecule has 0 atom stereocenters. The van der Waals surface area contributed by atoms with Gasteiger partial charge in [-0.1, -0.05) is 12.8 Å². The summed E-state index contributed by atoms with van der Waals surface area (Å²) in [5, 5.41) is 13.6. The van der Waals surface area contributed by atoms with Gasteiger partial charge in [0.25, 0.3) is 5.69 Å². The molecule has 1 heterocycles. The van der Waals surface area contributed by atoms with Gasteiger partial charge in [0.1, 0.15) is 0 Å². The van der Waals surface area contributed by atoms with Gasteiger partial charge in [0.15, 0.2) is 0 Å². The fourth-order valence-electron chi connectivity index (χ4n) is 3.15. The fraction of sp³-hybridized carbons (Fsp3) is 0.429. The van der Waals surface area contributed by atoms with Crippen LogP contribution in [-0.4, -0.2) is 22.4 Å². The quantitative estimate of drug-likeness (QED) is 0.668. The maximum Gasteiger partial charge on any atom is 0.329 e. The summed E-state index contributed by atoms with van der Waals surface area (Å²) in [5.41, 5.74) is -0.0994. The van der Waals surface area contributed by atoms with Crippen LogP contribution in [0.5, 0.6) is 0 Å². The Labute approximate surface area is 121 Å². The number of nitro groups is 1. The predicted octanol–water partition coefficient (Wildman–Crippen LogP) is 2.35. The number of imide groups is 1. The number of carbonyl (C=O) groups excluding carboxylic acids is 2. The molecule has 0 bridgehead atoms. The van der Waals surface area contributed by atoms with E-state index in [1.807, 2.05) is 0 Å². The average molecular weight is 289 g/mol. The van der Waals surface area contributed by atoms with Gasteiger partial charge < -0.3 is 5.32 Å². The molecule has 1 aliphatic carbocycles. The zero-order valence-electron chi connectivity index (χ0n) is 11.4. The van der Waals surface area contributed by atoms with Crippen molar-refractivity contribution >= 4 is 23.3 Å². The lowest BCUT2D eigenvalue weighted by molar-refractivity contribution is -0.384. The molecular formula is C14H15N3O4. The molecule has 1 aromatic rings. The Morgan fingerprint density at radius 3 is 2.29 bits per heavy atom. The molecular weight excluding hydrogens is 274 g/mol. The van der Waals surface area contributed by atoms with Gasteiger partial charge >= 0.3 is 6.03 Å². The van der Waals surface area contributed by atoms with Crippen molar-refractivity contribution in [3.05, 3.63) is 34.4 Å². The van der Waals surface area contributed by atoms with Crippen LogP contribution in [0, 0.1) is 10.1 Å². The molecule has 21 heavy (non-hydrogen) atoms. The highest BCUT2D eigenvalue weighted by atomic mass is 16.6. The highest BCUT2D eigenvalue weighted by Gasteiger charge is 2.45. The van der Waals surface area contributed by atoms with Crippen LogP contribution in [0.4, 0.5) is 16.2 Å². The summed E-state index contributed by atoms with van der Waals surface area (Å²) in [6.45, 7) is 0. The van der Waals surface area contributed by atoms with E-state index in [1.54, 1.807) is 0 Å². The van der Waals surface area contributed by atoms with E-state index >= 15 is 0 Å². The standard InChI is InChI=1S/C14H15N3O4/c18-12-9-14(7-1-2-8-14)15-13(19)16(12)10-3-5-11(6-4-10)17(20)21/h3-6H,1-2,7-9H2,(H,15,19). The highest BCUT2D eigenvalue weighted by Crippen LogP contribution is 2.36. The van der Waals surface area contributed by atoms with Crippen LogP contribution in [0.3, 0.4) is 0 Å². The van der Waals surface area contributed by atoms with E-state index in [0.717, 1.165) is 30.6 Å². The first-order chi connectivity index (χ1) is 10.0. The molecule has 7 nitrogen and oxygen atoms in total. The lowest BCUT2D eigenvalue weighted by Crippen LogP contribution is -2.61. The van der Waals surface area contributed by atoms with E-state index in [-0.39, 0.29) is 23.6 Å². The fourth-order valence-corrected chi connectivity index (χ4v) is 3.15. The summed E-state index contributed by atoms with van der Waals surface area (Å²) in [6.07, 6.45) is 3.99. The number of amides is 3. The predicted molar refractivity (Wildman–Crippen MR) is 74.9 cm³/mol. The van der Waals surface area contributed by atoms with E-state index in [4.69, 9.17) is 0 Å². The Balaban J connectivity index is 1.84. The lowest BCUT2D eigenvalue weighted by Gasteiger charge is -2.38. The van der Waals surface area contributed by atoms with Crippen LogP contribution in [0.2, 0.25) is 0 Å². The number of benzene rings is 1. The largest absolute Gasteiger partial charge is 0.331 e. The summed E-state index contributed by atoms with van der Waals surface area (Å²) < 4.78 is 0. The van der Waals surface area contributed by atoms with Gasteiger partial charge in [0.05, 0.1) is 22.6 Å². The number of anilines is 1.